The van der Waals surface area contributed by atoms with Crippen LogP contribution in [0.5, 0.6) is 0 Å². The number of esters is 1. The van der Waals surface area contributed by atoms with Gasteiger partial charge in [0.1, 0.15) is 0 Å². The summed E-state index contributed by atoms with van der Waals surface area (Å²) in [5.41, 5.74) is 0. The number of hydrogen-bond acceptors (Lipinski definition) is 6. The van der Waals surface area contributed by atoms with Crippen molar-refractivity contribution in [3.05, 3.63) is 3.92 Å². The molecule has 66 valence electrons. The van der Waals surface area contributed by atoms with Crippen LogP contribution < -0.4 is 0 Å². The fourth-order valence-corrected chi connectivity index (χ4v) is 2.71. The molecular weight excluding hydrogens is 264 g/mol. The molecule has 0 saturated heterocycles. The second-order valence-corrected chi connectivity index (χ2v) is 5.16. The minimum absolute atomic E-state index is 0.258. The van der Waals surface area contributed by atoms with Gasteiger partial charge in [-0.2, -0.15) is 0 Å². The van der Waals surface area contributed by atoms with Gasteiger partial charge in [0.25, 0.3) is 0 Å². The third-order valence-electron chi connectivity index (χ3n) is 0.923. The van der Waals surface area contributed by atoms with E-state index in [9.17, 15) is 4.79 Å². The number of hydrogen-bond donors (Lipinski definition) is 0. The summed E-state index contributed by atoms with van der Waals surface area (Å²) in [5.74, 6) is 0.0179. The molecule has 0 saturated carbocycles. The molecule has 1 heterocycles. The van der Waals surface area contributed by atoms with Crippen LogP contribution in [-0.2, 0) is 9.53 Å². The Kier molecular flexibility index (Phi) is 3.96. The summed E-state index contributed by atoms with van der Waals surface area (Å²) in [6, 6.07) is 0. The van der Waals surface area contributed by atoms with Crippen LogP contribution >= 0.6 is 39.0 Å². The van der Waals surface area contributed by atoms with Crippen LogP contribution in [0.15, 0.2) is 8.26 Å². The van der Waals surface area contributed by atoms with E-state index in [1.165, 1.54) is 30.2 Å². The molecule has 1 aromatic heterocycles. The highest BCUT2D eigenvalue weighted by atomic mass is 79.9. The first-order valence-electron chi connectivity index (χ1n) is 2.91. The predicted molar refractivity (Wildman–Crippen MR) is 50.3 cm³/mol. The van der Waals surface area contributed by atoms with E-state index >= 15 is 0 Å². The average Bonchev–Trinajstić information content (AvgIpc) is 2.47. The molecule has 0 spiro atoms. The smallest absolute Gasteiger partial charge is 0.316 e. The summed E-state index contributed by atoms with van der Waals surface area (Å²) in [6.45, 7) is 0. The van der Waals surface area contributed by atoms with Crippen molar-refractivity contribution in [1.82, 2.24) is 10.2 Å². The molecule has 7 heteroatoms. The molecule has 0 unspecified atom stereocenters. The van der Waals surface area contributed by atoms with Crippen molar-refractivity contribution in [2.75, 3.05) is 12.9 Å². The monoisotopic (exact) mass is 268 g/mol. The molecule has 0 atom stereocenters. The molecule has 1 rings (SSSR count). The molecule has 1 aromatic rings. The van der Waals surface area contributed by atoms with E-state index in [4.69, 9.17) is 0 Å². The lowest BCUT2D eigenvalue weighted by atomic mass is 10.8. The van der Waals surface area contributed by atoms with Crippen LogP contribution in [0.1, 0.15) is 0 Å². The molecule has 12 heavy (non-hydrogen) atoms. The van der Waals surface area contributed by atoms with Gasteiger partial charge in [-0.3, -0.25) is 4.79 Å². The summed E-state index contributed by atoms with van der Waals surface area (Å²) < 4.78 is 5.94. The minimum Gasteiger partial charge on any atom is -0.468 e. The molecule has 0 aliphatic heterocycles. The fourth-order valence-electron chi connectivity index (χ4n) is 0.431. The highest BCUT2D eigenvalue weighted by Gasteiger charge is 2.05. The lowest BCUT2D eigenvalue weighted by Gasteiger charge is -1.93. The summed E-state index contributed by atoms with van der Waals surface area (Å²) in [4.78, 5) is 10.7. The Balaban J connectivity index is 2.38. The number of ether oxygens (including phenoxy) is 1. The molecule has 0 aromatic carbocycles. The van der Waals surface area contributed by atoms with E-state index in [1.807, 2.05) is 0 Å². The van der Waals surface area contributed by atoms with E-state index in [-0.39, 0.29) is 11.7 Å². The maximum atomic E-state index is 10.7. The van der Waals surface area contributed by atoms with E-state index in [0.717, 1.165) is 8.26 Å². The number of aromatic nitrogens is 2. The Morgan fingerprint density at radius 2 is 2.50 bits per heavy atom. The van der Waals surface area contributed by atoms with Gasteiger partial charge in [0, 0.05) is 0 Å². The molecule has 0 radical (unpaired) electrons. The second-order valence-electron chi connectivity index (χ2n) is 1.69. The maximum absolute atomic E-state index is 10.7. The second kappa shape index (κ2) is 4.78. The molecule has 0 N–H and O–H groups in total. The first-order valence-corrected chi connectivity index (χ1v) is 5.50. The molecule has 4 nitrogen and oxygen atoms in total. The van der Waals surface area contributed by atoms with Crippen LogP contribution in [0.25, 0.3) is 0 Å². The van der Waals surface area contributed by atoms with Gasteiger partial charge < -0.3 is 4.74 Å². The molecule has 0 aliphatic rings. The summed E-state index contributed by atoms with van der Waals surface area (Å²) >= 11 is 5.88. The number of halogens is 1. The molecule has 0 amide bonds. The molecular formula is C5H5BrN2O2S2. The largest absolute Gasteiger partial charge is 0.468 e. The lowest BCUT2D eigenvalue weighted by molar-refractivity contribution is -0.137. The summed E-state index contributed by atoms with van der Waals surface area (Å²) in [5, 5.41) is 7.53. The van der Waals surface area contributed by atoms with Crippen molar-refractivity contribution >= 4 is 45.0 Å². The van der Waals surface area contributed by atoms with Crippen molar-refractivity contribution in [3.63, 3.8) is 0 Å². The van der Waals surface area contributed by atoms with E-state index in [2.05, 4.69) is 30.9 Å². The van der Waals surface area contributed by atoms with Crippen molar-refractivity contribution in [2.24, 2.45) is 0 Å². The Morgan fingerprint density at radius 3 is 3.00 bits per heavy atom. The van der Waals surface area contributed by atoms with Gasteiger partial charge in [0.05, 0.1) is 12.9 Å². The van der Waals surface area contributed by atoms with Crippen LogP contribution in [-0.4, -0.2) is 29.0 Å². The first kappa shape index (κ1) is 9.94. The number of nitrogens with zero attached hydrogens (tertiary/aromatic N) is 2. The normalized spacial score (nSPS) is 9.83. The van der Waals surface area contributed by atoms with Crippen LogP contribution in [0.4, 0.5) is 0 Å². The molecule has 0 bridgehead atoms. The standard InChI is InChI=1S/C5H5BrN2O2S2/c1-10-3(9)2-11-5-8-7-4(6)12-5/h2H2,1H3. The minimum atomic E-state index is -0.258. The Labute approximate surface area is 85.8 Å². The Hall–Kier alpha value is -0.140. The van der Waals surface area contributed by atoms with Crippen LogP contribution in [0.3, 0.4) is 0 Å². The zero-order valence-corrected chi connectivity index (χ0v) is 9.33. The Bertz CT molecular complexity index is 278. The van der Waals surface area contributed by atoms with Gasteiger partial charge >= 0.3 is 5.97 Å². The van der Waals surface area contributed by atoms with E-state index < -0.39 is 0 Å². The number of thioether (sulfide) groups is 1. The summed E-state index contributed by atoms with van der Waals surface area (Å²) in [7, 11) is 1.36. The SMILES string of the molecule is COC(=O)CSc1nnc(Br)s1. The number of rotatable bonds is 3. The van der Waals surface area contributed by atoms with E-state index in [1.54, 1.807) is 0 Å². The zero-order valence-electron chi connectivity index (χ0n) is 6.11. The average molecular weight is 269 g/mol. The van der Waals surface area contributed by atoms with Crippen LogP contribution in [0, 0.1) is 0 Å². The van der Waals surface area contributed by atoms with Gasteiger partial charge in [-0.15, -0.1) is 10.2 Å². The predicted octanol–water partition coefficient (Wildman–Crippen LogP) is 1.57. The zero-order chi connectivity index (χ0) is 8.97. The van der Waals surface area contributed by atoms with Crippen molar-refractivity contribution in [1.29, 1.82) is 0 Å². The van der Waals surface area contributed by atoms with Crippen molar-refractivity contribution in [3.8, 4) is 0 Å². The third kappa shape index (κ3) is 3.08. The highest BCUT2D eigenvalue weighted by Crippen LogP contribution is 2.25. The van der Waals surface area contributed by atoms with Gasteiger partial charge in [-0.05, 0) is 15.9 Å². The van der Waals surface area contributed by atoms with Crippen LogP contribution in [0.2, 0.25) is 0 Å². The van der Waals surface area contributed by atoms with Crippen molar-refractivity contribution in [2.45, 2.75) is 4.34 Å². The maximum Gasteiger partial charge on any atom is 0.316 e. The molecule has 0 fully saturated rings. The number of methoxy groups -OCH3 is 1. The first-order chi connectivity index (χ1) is 5.72. The fraction of sp³-hybridized carbons (Fsp3) is 0.400. The quantitative estimate of drug-likeness (QED) is 0.615. The van der Waals surface area contributed by atoms with Gasteiger partial charge in [0.2, 0.25) is 0 Å². The topological polar surface area (TPSA) is 52.1 Å². The Morgan fingerprint density at radius 1 is 1.75 bits per heavy atom. The van der Waals surface area contributed by atoms with Gasteiger partial charge in [-0.25, -0.2) is 0 Å². The highest BCUT2D eigenvalue weighted by molar-refractivity contribution is 9.11. The van der Waals surface area contributed by atoms with E-state index in [0.29, 0.717) is 0 Å². The van der Waals surface area contributed by atoms with Gasteiger partial charge in [-0.1, -0.05) is 23.1 Å². The van der Waals surface area contributed by atoms with Gasteiger partial charge in [0.15, 0.2) is 8.26 Å². The van der Waals surface area contributed by atoms with Crippen molar-refractivity contribution < 1.29 is 9.53 Å². The number of carbonyl (C=O) groups excluding carboxylic acids is 1. The third-order valence-corrected chi connectivity index (χ3v) is 3.39. The number of carbonyl (C=O) groups is 1. The summed E-state index contributed by atoms with van der Waals surface area (Å²) in [6.07, 6.45) is 0. The lowest BCUT2D eigenvalue weighted by Crippen LogP contribution is -2.02. The molecule has 0 aliphatic carbocycles.